The summed E-state index contributed by atoms with van der Waals surface area (Å²) in [6.45, 7) is 10.4. The number of nitrogens with one attached hydrogen (secondary N) is 1. The van der Waals surface area contributed by atoms with Crippen molar-refractivity contribution in [2.45, 2.75) is 49.3 Å². The zero-order valence-corrected chi connectivity index (χ0v) is 18.6. The van der Waals surface area contributed by atoms with Crippen LogP contribution in [0.1, 0.15) is 39.5 Å². The highest BCUT2D eigenvalue weighted by Crippen LogP contribution is 2.46. The van der Waals surface area contributed by atoms with Crippen molar-refractivity contribution >= 4 is 34.5 Å². The first kappa shape index (κ1) is 20.4. The Kier molecular flexibility index (Phi) is 6.88. The standard InChI is InChI=1S/C24H33N3OS/c1-3-5-11-26(12-6-4-2)19-7-9-23-21(17-19)25-22-18-20(8-10-24(22)29-23)27-13-15-28-16-14-27/h7-10,17-18,25H,3-6,11-16H2,1-2H3. The number of unbranched alkanes of at least 4 members (excludes halogenated alkanes) is 2. The summed E-state index contributed by atoms with van der Waals surface area (Å²) in [4.78, 5) is 7.58. The highest BCUT2D eigenvalue weighted by Gasteiger charge is 2.19. The molecule has 4 rings (SSSR count). The molecule has 0 radical (unpaired) electrons. The fourth-order valence-electron chi connectivity index (χ4n) is 3.96. The maximum absolute atomic E-state index is 5.51. The summed E-state index contributed by atoms with van der Waals surface area (Å²) in [5.74, 6) is 0. The summed E-state index contributed by atoms with van der Waals surface area (Å²) in [5, 5.41) is 3.72. The number of hydrogen-bond donors (Lipinski definition) is 1. The van der Waals surface area contributed by atoms with Crippen LogP contribution in [0.2, 0.25) is 0 Å². The molecule has 2 aliphatic heterocycles. The Bertz CT molecular complexity index is 812. The molecular formula is C24H33N3OS. The highest BCUT2D eigenvalue weighted by atomic mass is 32.2. The molecule has 156 valence electrons. The molecule has 1 N–H and O–H groups in total. The van der Waals surface area contributed by atoms with Crippen LogP contribution in [0.4, 0.5) is 22.7 Å². The number of rotatable bonds is 8. The van der Waals surface area contributed by atoms with Crippen molar-refractivity contribution in [2.24, 2.45) is 0 Å². The predicted molar refractivity (Wildman–Crippen MR) is 125 cm³/mol. The molecule has 0 atom stereocenters. The van der Waals surface area contributed by atoms with Gasteiger partial charge in [0.25, 0.3) is 0 Å². The number of morpholine rings is 1. The third kappa shape index (κ3) is 4.84. The van der Waals surface area contributed by atoms with E-state index in [9.17, 15) is 0 Å². The predicted octanol–water partition coefficient (Wildman–Crippen LogP) is 6.14. The Morgan fingerprint density at radius 3 is 2.28 bits per heavy atom. The number of benzene rings is 2. The number of nitrogens with zero attached hydrogens (tertiary/aromatic N) is 2. The first-order valence-electron chi connectivity index (χ1n) is 11.1. The molecule has 2 heterocycles. The summed E-state index contributed by atoms with van der Waals surface area (Å²) in [7, 11) is 0. The van der Waals surface area contributed by atoms with E-state index in [-0.39, 0.29) is 0 Å². The average Bonchev–Trinajstić information content (AvgIpc) is 2.77. The molecule has 0 aliphatic carbocycles. The molecule has 0 bridgehead atoms. The molecule has 2 aromatic carbocycles. The van der Waals surface area contributed by atoms with Gasteiger partial charge in [0, 0.05) is 47.3 Å². The number of ether oxygens (including phenoxy) is 1. The summed E-state index contributed by atoms with van der Waals surface area (Å²) in [6, 6.07) is 13.7. The number of anilines is 4. The number of hydrogen-bond acceptors (Lipinski definition) is 5. The van der Waals surface area contributed by atoms with Gasteiger partial charge in [-0.25, -0.2) is 0 Å². The minimum Gasteiger partial charge on any atom is -0.378 e. The van der Waals surface area contributed by atoms with Gasteiger partial charge in [-0.3, -0.25) is 0 Å². The lowest BCUT2D eigenvalue weighted by Gasteiger charge is -2.31. The molecule has 1 fully saturated rings. The van der Waals surface area contributed by atoms with Crippen LogP contribution in [0.5, 0.6) is 0 Å². The largest absolute Gasteiger partial charge is 0.378 e. The zero-order valence-electron chi connectivity index (χ0n) is 17.7. The summed E-state index contributed by atoms with van der Waals surface area (Å²) in [6.07, 6.45) is 4.96. The van der Waals surface area contributed by atoms with Crippen LogP contribution in [-0.4, -0.2) is 39.4 Å². The van der Waals surface area contributed by atoms with E-state index in [2.05, 4.69) is 65.4 Å². The van der Waals surface area contributed by atoms with Crippen molar-refractivity contribution in [3.8, 4) is 0 Å². The quantitative estimate of drug-likeness (QED) is 0.481. The topological polar surface area (TPSA) is 27.7 Å². The number of fused-ring (bicyclic) bond motifs is 2. The monoisotopic (exact) mass is 411 g/mol. The molecule has 0 saturated carbocycles. The van der Waals surface area contributed by atoms with Gasteiger partial charge in [0.05, 0.1) is 24.6 Å². The Morgan fingerprint density at radius 1 is 0.931 bits per heavy atom. The van der Waals surface area contributed by atoms with Crippen LogP contribution >= 0.6 is 11.8 Å². The Labute approximate surface area is 179 Å². The van der Waals surface area contributed by atoms with Gasteiger partial charge in [-0.15, -0.1) is 0 Å². The van der Waals surface area contributed by atoms with Gasteiger partial charge in [0.15, 0.2) is 0 Å². The molecular weight excluding hydrogens is 378 g/mol. The van der Waals surface area contributed by atoms with Crippen molar-refractivity contribution in [3.05, 3.63) is 36.4 Å². The Balaban J connectivity index is 1.54. The van der Waals surface area contributed by atoms with Crippen LogP contribution in [-0.2, 0) is 4.74 Å². The maximum atomic E-state index is 5.51. The smallest absolute Gasteiger partial charge is 0.0642 e. The van der Waals surface area contributed by atoms with Gasteiger partial charge in [-0.1, -0.05) is 38.5 Å². The van der Waals surface area contributed by atoms with Gasteiger partial charge in [0.2, 0.25) is 0 Å². The first-order valence-corrected chi connectivity index (χ1v) is 11.9. The van der Waals surface area contributed by atoms with Crippen LogP contribution in [0.3, 0.4) is 0 Å². The van der Waals surface area contributed by atoms with E-state index in [1.54, 1.807) is 0 Å². The zero-order chi connectivity index (χ0) is 20.1. The molecule has 2 aromatic rings. The van der Waals surface area contributed by atoms with E-state index >= 15 is 0 Å². The van der Waals surface area contributed by atoms with E-state index in [0.29, 0.717) is 0 Å². The van der Waals surface area contributed by atoms with Crippen molar-refractivity contribution in [2.75, 3.05) is 54.5 Å². The van der Waals surface area contributed by atoms with Gasteiger partial charge >= 0.3 is 0 Å². The molecule has 0 unspecified atom stereocenters. The van der Waals surface area contributed by atoms with Crippen molar-refractivity contribution < 1.29 is 4.74 Å². The fourth-order valence-corrected chi connectivity index (χ4v) is 4.90. The molecule has 29 heavy (non-hydrogen) atoms. The van der Waals surface area contributed by atoms with Gasteiger partial charge in [-0.05, 0) is 49.2 Å². The molecule has 1 saturated heterocycles. The van der Waals surface area contributed by atoms with Crippen molar-refractivity contribution in [1.82, 2.24) is 0 Å². The average molecular weight is 412 g/mol. The second-order valence-electron chi connectivity index (χ2n) is 7.88. The minimum atomic E-state index is 0.816. The molecule has 0 aromatic heterocycles. The fraction of sp³-hybridized carbons (Fsp3) is 0.500. The summed E-state index contributed by atoms with van der Waals surface area (Å²) in [5.41, 5.74) is 5.08. The van der Waals surface area contributed by atoms with E-state index < -0.39 is 0 Å². The van der Waals surface area contributed by atoms with E-state index in [0.717, 1.165) is 39.4 Å². The second kappa shape index (κ2) is 9.77. The van der Waals surface area contributed by atoms with E-state index in [4.69, 9.17) is 4.74 Å². The molecule has 2 aliphatic rings. The van der Waals surface area contributed by atoms with Crippen molar-refractivity contribution in [1.29, 1.82) is 0 Å². The molecule has 4 nitrogen and oxygen atoms in total. The third-order valence-corrected chi connectivity index (χ3v) is 6.87. The van der Waals surface area contributed by atoms with Crippen LogP contribution in [0.15, 0.2) is 46.2 Å². The van der Waals surface area contributed by atoms with Gasteiger partial charge in [0.1, 0.15) is 0 Å². The first-order chi connectivity index (χ1) is 14.3. The lowest BCUT2D eigenvalue weighted by atomic mass is 10.2. The summed E-state index contributed by atoms with van der Waals surface area (Å²) < 4.78 is 5.51. The lowest BCUT2D eigenvalue weighted by molar-refractivity contribution is 0.122. The molecule has 0 spiro atoms. The minimum absolute atomic E-state index is 0.816. The van der Waals surface area contributed by atoms with Crippen molar-refractivity contribution in [3.63, 3.8) is 0 Å². The van der Waals surface area contributed by atoms with Crippen LogP contribution < -0.4 is 15.1 Å². The van der Waals surface area contributed by atoms with Gasteiger partial charge in [-0.2, -0.15) is 0 Å². The Morgan fingerprint density at radius 2 is 1.59 bits per heavy atom. The second-order valence-corrected chi connectivity index (χ2v) is 8.97. The van der Waals surface area contributed by atoms with Crippen LogP contribution in [0.25, 0.3) is 0 Å². The van der Waals surface area contributed by atoms with E-state index in [1.807, 2.05) is 11.8 Å². The maximum Gasteiger partial charge on any atom is 0.0642 e. The molecule has 5 heteroatoms. The van der Waals surface area contributed by atoms with Gasteiger partial charge < -0.3 is 19.9 Å². The van der Waals surface area contributed by atoms with Crippen LogP contribution in [0, 0.1) is 0 Å². The highest BCUT2D eigenvalue weighted by molar-refractivity contribution is 7.99. The SMILES string of the molecule is CCCCN(CCCC)c1ccc2c(c1)Nc1cc(N3CCOCC3)ccc1S2. The third-order valence-electron chi connectivity index (χ3n) is 5.72. The lowest BCUT2D eigenvalue weighted by Crippen LogP contribution is -2.36. The van der Waals surface area contributed by atoms with E-state index in [1.165, 1.54) is 58.2 Å². The summed E-state index contributed by atoms with van der Waals surface area (Å²) >= 11 is 1.87. The normalized spacial score (nSPS) is 15.4. The Hall–Kier alpha value is -1.85. The molecule has 0 amide bonds.